The molecule has 2 aromatic rings. The summed E-state index contributed by atoms with van der Waals surface area (Å²) in [5, 5.41) is 5.10. The molecule has 0 spiro atoms. The maximum atomic E-state index is 12.1. The molecule has 0 aliphatic rings. The molecule has 6 nitrogen and oxygen atoms in total. The highest BCUT2D eigenvalue weighted by Crippen LogP contribution is 2.29. The third-order valence-electron chi connectivity index (χ3n) is 3.30. The van der Waals surface area contributed by atoms with Gasteiger partial charge in [0.05, 0.1) is 19.9 Å². The van der Waals surface area contributed by atoms with E-state index in [1.165, 1.54) is 14.2 Å². The molecule has 2 N–H and O–H groups in total. The van der Waals surface area contributed by atoms with Crippen molar-refractivity contribution in [3.63, 3.8) is 0 Å². The van der Waals surface area contributed by atoms with Crippen LogP contribution in [0.4, 0.5) is 11.4 Å². The number of nitrogens with one attached hydrogen (secondary N) is 2. The number of hydrogen-bond donors (Lipinski definition) is 2. The number of methoxy groups -OCH3 is 2. The Labute approximate surface area is 148 Å². The Bertz CT molecular complexity index is 777. The molecule has 2 amide bonds. The normalized spacial score (nSPS) is 10.0. The summed E-state index contributed by atoms with van der Waals surface area (Å²) in [5.41, 5.74) is 1.79. The minimum Gasteiger partial charge on any atom is -0.497 e. The predicted molar refractivity (Wildman–Crippen MR) is 95.7 cm³/mol. The summed E-state index contributed by atoms with van der Waals surface area (Å²) in [6.45, 7) is 1.84. The van der Waals surface area contributed by atoms with Crippen molar-refractivity contribution in [3.8, 4) is 11.5 Å². The van der Waals surface area contributed by atoms with Crippen LogP contribution in [0.25, 0.3) is 0 Å². The first-order valence-corrected chi connectivity index (χ1v) is 7.84. The summed E-state index contributed by atoms with van der Waals surface area (Å²) in [6.07, 6.45) is 0. The zero-order valence-corrected chi connectivity index (χ0v) is 15.1. The first-order valence-electron chi connectivity index (χ1n) is 7.05. The van der Waals surface area contributed by atoms with E-state index in [0.717, 1.165) is 10.0 Å². The van der Waals surface area contributed by atoms with E-state index in [1.807, 2.05) is 13.0 Å². The van der Waals surface area contributed by atoms with Crippen molar-refractivity contribution in [2.24, 2.45) is 0 Å². The second-order valence-corrected chi connectivity index (χ2v) is 5.85. The monoisotopic (exact) mass is 392 g/mol. The minimum atomic E-state index is -0.791. The first kappa shape index (κ1) is 17.8. The van der Waals surface area contributed by atoms with Crippen molar-refractivity contribution in [3.05, 3.63) is 46.4 Å². The lowest BCUT2D eigenvalue weighted by atomic mass is 10.2. The molecule has 126 valence electrons. The van der Waals surface area contributed by atoms with Gasteiger partial charge in [-0.1, -0.05) is 15.9 Å². The van der Waals surface area contributed by atoms with Crippen molar-refractivity contribution in [2.75, 3.05) is 24.9 Å². The number of amides is 2. The predicted octanol–water partition coefficient (Wildman–Crippen LogP) is 3.35. The molecule has 2 rings (SSSR count). The minimum absolute atomic E-state index is 0.381. The number of aryl methyl sites for hydroxylation is 1. The summed E-state index contributed by atoms with van der Waals surface area (Å²) in [7, 11) is 3.00. The maximum Gasteiger partial charge on any atom is 0.314 e. The fourth-order valence-electron chi connectivity index (χ4n) is 2.03. The van der Waals surface area contributed by atoms with E-state index in [2.05, 4.69) is 26.6 Å². The van der Waals surface area contributed by atoms with Gasteiger partial charge in [-0.3, -0.25) is 9.59 Å². The van der Waals surface area contributed by atoms with Crippen LogP contribution in [0.1, 0.15) is 5.56 Å². The second-order valence-electron chi connectivity index (χ2n) is 4.93. The number of halogens is 1. The molecule has 24 heavy (non-hydrogen) atoms. The lowest BCUT2D eigenvalue weighted by Crippen LogP contribution is -2.29. The third-order valence-corrected chi connectivity index (χ3v) is 3.79. The van der Waals surface area contributed by atoms with E-state index in [0.29, 0.717) is 22.9 Å². The maximum absolute atomic E-state index is 12.1. The van der Waals surface area contributed by atoms with E-state index < -0.39 is 11.8 Å². The van der Waals surface area contributed by atoms with Crippen LogP contribution < -0.4 is 20.1 Å². The van der Waals surface area contributed by atoms with Gasteiger partial charge in [0.1, 0.15) is 11.5 Å². The summed E-state index contributed by atoms with van der Waals surface area (Å²) in [6, 6.07) is 10.2. The highest BCUT2D eigenvalue weighted by atomic mass is 79.9. The highest BCUT2D eigenvalue weighted by Gasteiger charge is 2.17. The molecule has 7 heteroatoms. The topological polar surface area (TPSA) is 76.7 Å². The van der Waals surface area contributed by atoms with Gasteiger partial charge in [-0.2, -0.15) is 0 Å². The van der Waals surface area contributed by atoms with Crippen molar-refractivity contribution in [1.29, 1.82) is 0 Å². The highest BCUT2D eigenvalue weighted by molar-refractivity contribution is 9.10. The zero-order chi connectivity index (χ0) is 17.7. The van der Waals surface area contributed by atoms with Crippen LogP contribution in [-0.4, -0.2) is 26.0 Å². The smallest absolute Gasteiger partial charge is 0.314 e. The fraction of sp³-hybridized carbons (Fsp3) is 0.176. The number of anilines is 2. The van der Waals surface area contributed by atoms with Gasteiger partial charge in [-0.15, -0.1) is 0 Å². The molecule has 0 aliphatic heterocycles. The number of carbonyl (C=O) groups excluding carboxylic acids is 2. The zero-order valence-electron chi connectivity index (χ0n) is 13.5. The molecular weight excluding hydrogens is 376 g/mol. The number of hydrogen-bond acceptors (Lipinski definition) is 4. The van der Waals surface area contributed by atoms with E-state index in [1.54, 1.807) is 30.3 Å². The Morgan fingerprint density at radius 3 is 2.12 bits per heavy atom. The van der Waals surface area contributed by atoms with Gasteiger partial charge in [0.25, 0.3) is 0 Å². The van der Waals surface area contributed by atoms with Crippen LogP contribution in [0, 0.1) is 6.92 Å². The van der Waals surface area contributed by atoms with Gasteiger partial charge in [-0.25, -0.2) is 0 Å². The van der Waals surface area contributed by atoms with Gasteiger partial charge in [0, 0.05) is 16.2 Å². The molecule has 0 aliphatic carbocycles. The van der Waals surface area contributed by atoms with Crippen LogP contribution in [0.2, 0.25) is 0 Å². The molecule has 0 bridgehead atoms. The molecule has 0 saturated heterocycles. The number of rotatable bonds is 4. The number of ether oxygens (including phenoxy) is 2. The Kier molecular flexibility index (Phi) is 5.81. The Morgan fingerprint density at radius 2 is 1.54 bits per heavy atom. The molecule has 0 unspecified atom stereocenters. The molecule has 0 fully saturated rings. The standard InChI is InChI=1S/C17H17BrN2O4/c1-10-8-11(18)4-6-13(10)19-16(21)17(22)20-14-7-5-12(23-2)9-15(14)24-3/h4-9H,1-3H3,(H,19,21)(H,20,22). The Hall–Kier alpha value is -2.54. The molecule has 0 radical (unpaired) electrons. The van der Waals surface area contributed by atoms with Crippen molar-refractivity contribution in [2.45, 2.75) is 6.92 Å². The summed E-state index contributed by atoms with van der Waals surface area (Å²) < 4.78 is 11.2. The van der Waals surface area contributed by atoms with Gasteiger partial charge in [-0.05, 0) is 42.8 Å². The van der Waals surface area contributed by atoms with Crippen LogP contribution >= 0.6 is 15.9 Å². The number of carbonyl (C=O) groups is 2. The Morgan fingerprint density at radius 1 is 0.917 bits per heavy atom. The first-order chi connectivity index (χ1) is 11.4. The van der Waals surface area contributed by atoms with Crippen LogP contribution in [0.15, 0.2) is 40.9 Å². The molecular formula is C17H17BrN2O4. The molecule has 0 heterocycles. The average Bonchev–Trinajstić information content (AvgIpc) is 2.57. The Balaban J connectivity index is 2.10. The lowest BCUT2D eigenvalue weighted by molar-refractivity contribution is -0.133. The largest absolute Gasteiger partial charge is 0.497 e. The summed E-state index contributed by atoms with van der Waals surface area (Å²) in [5.74, 6) is -0.575. The SMILES string of the molecule is COc1ccc(NC(=O)C(=O)Nc2ccc(Br)cc2C)c(OC)c1. The van der Waals surface area contributed by atoms with E-state index in [9.17, 15) is 9.59 Å². The van der Waals surface area contributed by atoms with E-state index >= 15 is 0 Å². The van der Waals surface area contributed by atoms with E-state index in [-0.39, 0.29) is 0 Å². The summed E-state index contributed by atoms with van der Waals surface area (Å²) in [4.78, 5) is 24.2. The molecule has 0 saturated carbocycles. The van der Waals surface area contributed by atoms with Gasteiger partial charge in [0.15, 0.2) is 0 Å². The molecule has 2 aromatic carbocycles. The number of benzene rings is 2. The van der Waals surface area contributed by atoms with Crippen molar-refractivity contribution in [1.82, 2.24) is 0 Å². The quantitative estimate of drug-likeness (QED) is 0.782. The van der Waals surface area contributed by atoms with Crippen LogP contribution in [0.3, 0.4) is 0 Å². The molecule has 0 aromatic heterocycles. The van der Waals surface area contributed by atoms with Crippen molar-refractivity contribution >= 4 is 39.1 Å². The van der Waals surface area contributed by atoms with Gasteiger partial charge < -0.3 is 20.1 Å². The van der Waals surface area contributed by atoms with E-state index in [4.69, 9.17) is 9.47 Å². The fourth-order valence-corrected chi connectivity index (χ4v) is 2.50. The lowest BCUT2D eigenvalue weighted by Gasteiger charge is -2.12. The van der Waals surface area contributed by atoms with Crippen molar-refractivity contribution < 1.29 is 19.1 Å². The van der Waals surface area contributed by atoms with Gasteiger partial charge >= 0.3 is 11.8 Å². The second kappa shape index (κ2) is 7.83. The van der Waals surface area contributed by atoms with Crippen LogP contribution in [0.5, 0.6) is 11.5 Å². The summed E-state index contributed by atoms with van der Waals surface area (Å²) >= 11 is 3.35. The molecule has 0 atom stereocenters. The third kappa shape index (κ3) is 4.26. The average molecular weight is 393 g/mol. The van der Waals surface area contributed by atoms with Gasteiger partial charge in [0.2, 0.25) is 0 Å². The van der Waals surface area contributed by atoms with Crippen LogP contribution in [-0.2, 0) is 9.59 Å².